The second kappa shape index (κ2) is 10.7. The first-order valence-corrected chi connectivity index (χ1v) is 12.0. The Bertz CT molecular complexity index is 802. The van der Waals surface area contributed by atoms with E-state index in [4.69, 9.17) is 22.0 Å². The molecular weight excluding hydrogens is 522 g/mol. The van der Waals surface area contributed by atoms with E-state index in [9.17, 15) is 18.5 Å². The molecule has 0 aromatic heterocycles. The van der Waals surface area contributed by atoms with Gasteiger partial charge in [-0.15, -0.1) is 17.4 Å². The molecule has 1 fully saturated rings. The summed E-state index contributed by atoms with van der Waals surface area (Å²) in [5, 5.41) is 1.92. The first-order chi connectivity index (χ1) is 13.2. The minimum Gasteiger partial charge on any atom is -0.497 e. The lowest BCUT2D eigenvalue weighted by atomic mass is 9.97. The second-order valence-corrected chi connectivity index (χ2v) is 9.17. The van der Waals surface area contributed by atoms with Gasteiger partial charge in [0.05, 0.1) is 18.8 Å². The highest BCUT2D eigenvalue weighted by Gasteiger charge is 2.33. The maximum atomic E-state index is 14.7. The van der Waals surface area contributed by atoms with E-state index in [0.717, 1.165) is 0 Å². The van der Waals surface area contributed by atoms with Crippen molar-refractivity contribution in [2.24, 2.45) is 0 Å². The highest BCUT2D eigenvalue weighted by Crippen LogP contribution is 2.30. The molecule has 28 heavy (non-hydrogen) atoms. The third-order valence-corrected chi connectivity index (χ3v) is 6.25. The Morgan fingerprint density at radius 3 is 2.89 bits per heavy atom. The molecule has 1 aliphatic heterocycles. The third kappa shape index (κ3) is 6.25. The van der Waals surface area contributed by atoms with Crippen LogP contribution >= 0.6 is 34.2 Å². The number of hydrogen-bond acceptors (Lipinski definition) is 5. The van der Waals surface area contributed by atoms with Crippen LogP contribution in [0, 0.1) is 11.5 Å². The molecule has 0 aliphatic carbocycles. The van der Waals surface area contributed by atoms with Gasteiger partial charge in [0.25, 0.3) is 0 Å². The summed E-state index contributed by atoms with van der Waals surface area (Å²) in [7, 11) is -1.18. The average molecular weight is 544 g/mol. The van der Waals surface area contributed by atoms with Gasteiger partial charge in [0, 0.05) is 4.43 Å². The number of nitrogens with zero attached hydrogens (tertiary/aromatic N) is 1. The van der Waals surface area contributed by atoms with E-state index in [-0.39, 0.29) is 24.9 Å². The van der Waals surface area contributed by atoms with Crippen LogP contribution in [-0.2, 0) is 20.1 Å². The lowest BCUT2D eigenvalue weighted by Gasteiger charge is -2.20. The van der Waals surface area contributed by atoms with Crippen molar-refractivity contribution in [2.75, 3.05) is 28.2 Å². The highest BCUT2D eigenvalue weighted by molar-refractivity contribution is 14.1. The number of nitrogens with one attached hydrogen (secondary N) is 1. The molecule has 3 unspecified atom stereocenters. The van der Waals surface area contributed by atoms with Crippen molar-refractivity contribution in [1.29, 1.82) is 0 Å². The van der Waals surface area contributed by atoms with Gasteiger partial charge in [0.15, 0.2) is 0 Å². The Balaban J connectivity index is 2.05. The van der Waals surface area contributed by atoms with Crippen molar-refractivity contribution in [1.82, 2.24) is 5.32 Å². The average Bonchev–Trinajstić information content (AvgIpc) is 3.01. The van der Waals surface area contributed by atoms with Gasteiger partial charge in [0.1, 0.15) is 17.3 Å². The van der Waals surface area contributed by atoms with Crippen molar-refractivity contribution in [2.45, 2.75) is 30.7 Å². The van der Waals surface area contributed by atoms with E-state index in [1.165, 1.54) is 11.0 Å². The van der Waals surface area contributed by atoms with Gasteiger partial charge in [-0.1, -0.05) is 35.1 Å². The predicted molar refractivity (Wildman–Crippen MR) is 118 cm³/mol. The minimum absolute atomic E-state index is 0.0774. The molecule has 156 valence electrons. The molecule has 0 spiro atoms. The normalized spacial score (nSPS) is 18.8. The zero-order chi connectivity index (χ0) is 20.8. The molecule has 1 saturated heterocycles. The van der Waals surface area contributed by atoms with Gasteiger partial charge in [-0.3, -0.25) is 15.4 Å². The van der Waals surface area contributed by atoms with Crippen LogP contribution in [-0.4, -0.2) is 51.3 Å². The van der Waals surface area contributed by atoms with Gasteiger partial charge in [-0.25, -0.2) is 9.18 Å². The standard InChI is InChI=1S/C18H22ClFIN2O4S/c1-11(19)17(24)22-9-14-10-23(18(25)27-14)13-3-4-15(16(20)7-13)12(8-21)5-6-28(2)26/h2-4,7,11-12,14,26H,5-6,8-10H2,1H3,(H,22,24)/q-1. The number of anilines is 1. The van der Waals surface area contributed by atoms with Crippen LogP contribution < -0.4 is 10.2 Å². The summed E-state index contributed by atoms with van der Waals surface area (Å²) in [6.45, 7) is 1.88. The Labute approximate surface area is 184 Å². The monoisotopic (exact) mass is 543 g/mol. The number of halogens is 3. The first-order valence-electron chi connectivity index (χ1n) is 8.62. The highest BCUT2D eigenvalue weighted by atomic mass is 127. The van der Waals surface area contributed by atoms with E-state index >= 15 is 0 Å². The van der Waals surface area contributed by atoms with Crippen LogP contribution in [0.1, 0.15) is 24.8 Å². The summed E-state index contributed by atoms with van der Waals surface area (Å²) < 4.78 is 29.9. The van der Waals surface area contributed by atoms with Crippen molar-refractivity contribution >= 4 is 62.5 Å². The molecule has 1 aliphatic rings. The van der Waals surface area contributed by atoms with Crippen molar-refractivity contribution in [3.05, 3.63) is 29.6 Å². The lowest BCUT2D eigenvalue weighted by molar-refractivity contribution is -0.120. The van der Waals surface area contributed by atoms with Crippen LogP contribution in [0.3, 0.4) is 0 Å². The quantitative estimate of drug-likeness (QED) is 0.299. The van der Waals surface area contributed by atoms with E-state index in [2.05, 4.69) is 27.9 Å². The number of carbonyl (C=O) groups is 2. The van der Waals surface area contributed by atoms with Gasteiger partial charge < -0.3 is 25.2 Å². The van der Waals surface area contributed by atoms with Gasteiger partial charge in [-0.2, -0.15) is 0 Å². The van der Waals surface area contributed by atoms with E-state index in [1.54, 1.807) is 19.1 Å². The third-order valence-electron chi connectivity index (χ3n) is 4.34. The van der Waals surface area contributed by atoms with Crippen molar-refractivity contribution in [3.8, 4) is 5.69 Å². The number of hydrogen-bond donors (Lipinski definition) is 2. The molecule has 3 atom stereocenters. The van der Waals surface area contributed by atoms with Crippen LogP contribution in [0.2, 0.25) is 0 Å². The zero-order valence-corrected chi connectivity index (χ0v) is 19.0. The maximum absolute atomic E-state index is 14.7. The van der Waals surface area contributed by atoms with Crippen molar-refractivity contribution < 1.29 is 23.3 Å². The molecule has 0 bridgehead atoms. The van der Waals surface area contributed by atoms with Gasteiger partial charge in [-0.05, 0) is 30.5 Å². The largest absolute Gasteiger partial charge is 0.497 e. The summed E-state index contributed by atoms with van der Waals surface area (Å²) in [6.07, 6.45) is -0.561. The molecule has 10 heteroatoms. The zero-order valence-electron chi connectivity index (χ0n) is 15.2. The summed E-state index contributed by atoms with van der Waals surface area (Å²) in [5.41, 5.74) is 6.31. The molecule has 0 radical (unpaired) electrons. The molecule has 1 aromatic carbocycles. The van der Waals surface area contributed by atoms with Gasteiger partial charge >= 0.3 is 6.09 Å². The Morgan fingerprint density at radius 1 is 1.61 bits per heavy atom. The van der Waals surface area contributed by atoms with Crippen LogP contribution in [0.5, 0.6) is 0 Å². The summed E-state index contributed by atoms with van der Waals surface area (Å²) in [4.78, 5) is 25.0. The van der Waals surface area contributed by atoms with Gasteiger partial charge in [0.2, 0.25) is 5.91 Å². The minimum atomic E-state index is -1.18. The SMILES string of the molecule is C#[S-](O)CCC(CI)c1ccc(N2CC(CNC(=O)C(C)Cl)OC2=O)cc1F. The van der Waals surface area contributed by atoms with Crippen LogP contribution in [0.4, 0.5) is 14.9 Å². The fourth-order valence-corrected chi connectivity index (χ4v) is 4.31. The van der Waals surface area contributed by atoms with E-state index in [0.29, 0.717) is 27.9 Å². The summed E-state index contributed by atoms with van der Waals surface area (Å²) in [6, 6.07) is 4.62. The molecule has 2 N–H and O–H groups in total. The van der Waals surface area contributed by atoms with Crippen LogP contribution in [0.25, 0.3) is 0 Å². The molecule has 2 amide bonds. The first kappa shape index (κ1) is 23.3. The number of alkyl halides is 2. The maximum Gasteiger partial charge on any atom is 0.414 e. The fraction of sp³-hybridized carbons (Fsp3) is 0.500. The number of amides is 2. The number of ether oxygens (including phenoxy) is 1. The van der Waals surface area contributed by atoms with E-state index in [1.807, 2.05) is 0 Å². The molecule has 1 heterocycles. The molecule has 0 saturated carbocycles. The van der Waals surface area contributed by atoms with Crippen LogP contribution in [0.15, 0.2) is 18.2 Å². The topological polar surface area (TPSA) is 78.9 Å². The van der Waals surface area contributed by atoms with E-state index < -0.39 is 34.0 Å². The van der Waals surface area contributed by atoms with Crippen molar-refractivity contribution in [3.63, 3.8) is 0 Å². The fourth-order valence-electron chi connectivity index (χ4n) is 2.79. The molecular formula is C18H22ClFIN2O4S-. The molecule has 6 nitrogen and oxygen atoms in total. The Kier molecular flexibility index (Phi) is 8.88. The number of cyclic esters (lactones) is 1. The smallest absolute Gasteiger partial charge is 0.414 e. The Morgan fingerprint density at radius 2 is 2.32 bits per heavy atom. The summed E-state index contributed by atoms with van der Waals surface area (Å²) >= 11 is 7.86. The number of carbonyl (C=O) groups excluding carboxylic acids is 2. The number of rotatable bonds is 8. The number of benzene rings is 1. The summed E-state index contributed by atoms with van der Waals surface area (Å²) in [5.74, 6) is -0.442. The lowest BCUT2D eigenvalue weighted by Crippen LogP contribution is -2.37. The predicted octanol–water partition coefficient (Wildman–Crippen LogP) is 3.48. The Hall–Kier alpha value is -1.00. The molecule has 1 aromatic rings. The second-order valence-electron chi connectivity index (χ2n) is 6.43. The molecule has 2 rings (SSSR count).